The largest absolute Gasteiger partial charge is 0.497 e. The zero-order valence-electron chi connectivity index (χ0n) is 14.6. The first-order chi connectivity index (χ1) is 12.7. The molecule has 0 saturated carbocycles. The molecule has 0 heterocycles. The van der Waals surface area contributed by atoms with E-state index in [4.69, 9.17) is 14.2 Å². The molecule has 3 aromatic carbocycles. The van der Waals surface area contributed by atoms with Crippen molar-refractivity contribution < 1.29 is 19.0 Å². The molecule has 26 heavy (non-hydrogen) atoms. The Morgan fingerprint density at radius 1 is 0.769 bits per heavy atom. The van der Waals surface area contributed by atoms with E-state index in [1.165, 1.54) is 0 Å². The number of hydrogen-bond donors (Lipinski definition) is 1. The molecule has 0 atom stereocenters. The molecule has 5 heteroatoms. The SMILES string of the molecule is COc1ccc(NC(=O)c2cccc(Oc3ccccc3)c2)c(OC)c1. The molecule has 0 saturated heterocycles. The molecular weight excluding hydrogens is 330 g/mol. The first kappa shape index (κ1) is 17.4. The summed E-state index contributed by atoms with van der Waals surface area (Å²) in [6.07, 6.45) is 0. The minimum absolute atomic E-state index is 0.257. The van der Waals surface area contributed by atoms with Gasteiger partial charge in [0.2, 0.25) is 0 Å². The van der Waals surface area contributed by atoms with Crippen LogP contribution in [0.15, 0.2) is 72.8 Å². The number of benzene rings is 3. The van der Waals surface area contributed by atoms with Crippen LogP contribution in [0.4, 0.5) is 5.69 Å². The number of carbonyl (C=O) groups excluding carboxylic acids is 1. The van der Waals surface area contributed by atoms with Crippen LogP contribution in [0.25, 0.3) is 0 Å². The van der Waals surface area contributed by atoms with E-state index in [0.717, 1.165) is 0 Å². The molecule has 132 valence electrons. The van der Waals surface area contributed by atoms with E-state index in [1.54, 1.807) is 56.7 Å². The van der Waals surface area contributed by atoms with Gasteiger partial charge in [-0.15, -0.1) is 0 Å². The average molecular weight is 349 g/mol. The lowest BCUT2D eigenvalue weighted by Gasteiger charge is -2.12. The van der Waals surface area contributed by atoms with E-state index >= 15 is 0 Å². The van der Waals surface area contributed by atoms with Gasteiger partial charge in [0.15, 0.2) is 0 Å². The Hall–Kier alpha value is -3.47. The van der Waals surface area contributed by atoms with Gasteiger partial charge in [0.05, 0.1) is 19.9 Å². The predicted octanol–water partition coefficient (Wildman–Crippen LogP) is 4.75. The van der Waals surface area contributed by atoms with Crippen molar-refractivity contribution in [2.24, 2.45) is 0 Å². The highest BCUT2D eigenvalue weighted by atomic mass is 16.5. The fraction of sp³-hybridized carbons (Fsp3) is 0.0952. The van der Waals surface area contributed by atoms with Crippen LogP contribution in [0, 0.1) is 0 Å². The van der Waals surface area contributed by atoms with Crippen LogP contribution in [0.2, 0.25) is 0 Å². The fourth-order valence-corrected chi connectivity index (χ4v) is 2.42. The van der Waals surface area contributed by atoms with Crippen molar-refractivity contribution in [3.05, 3.63) is 78.4 Å². The highest BCUT2D eigenvalue weighted by Crippen LogP contribution is 2.30. The Labute approximate surface area is 152 Å². The van der Waals surface area contributed by atoms with Crippen LogP contribution >= 0.6 is 0 Å². The molecule has 0 aliphatic carbocycles. The predicted molar refractivity (Wildman–Crippen MR) is 100 cm³/mol. The maximum Gasteiger partial charge on any atom is 0.255 e. The summed E-state index contributed by atoms with van der Waals surface area (Å²) in [6.45, 7) is 0. The molecule has 1 N–H and O–H groups in total. The van der Waals surface area contributed by atoms with Gasteiger partial charge in [0.1, 0.15) is 23.0 Å². The molecule has 0 aromatic heterocycles. The highest BCUT2D eigenvalue weighted by molar-refractivity contribution is 6.05. The monoisotopic (exact) mass is 349 g/mol. The second kappa shape index (κ2) is 8.07. The number of hydrogen-bond acceptors (Lipinski definition) is 4. The topological polar surface area (TPSA) is 56.8 Å². The van der Waals surface area contributed by atoms with Crippen molar-refractivity contribution in [2.75, 3.05) is 19.5 Å². The molecular formula is C21H19NO4. The molecule has 5 nitrogen and oxygen atoms in total. The number of nitrogens with one attached hydrogen (secondary N) is 1. The van der Waals surface area contributed by atoms with E-state index in [2.05, 4.69) is 5.32 Å². The molecule has 3 aromatic rings. The van der Waals surface area contributed by atoms with Crippen LogP contribution in [0.1, 0.15) is 10.4 Å². The first-order valence-corrected chi connectivity index (χ1v) is 8.06. The lowest BCUT2D eigenvalue weighted by Crippen LogP contribution is -2.12. The summed E-state index contributed by atoms with van der Waals surface area (Å²) in [5.41, 5.74) is 1.05. The van der Waals surface area contributed by atoms with Gasteiger partial charge in [-0.25, -0.2) is 0 Å². The molecule has 0 unspecified atom stereocenters. The Balaban J connectivity index is 1.77. The van der Waals surface area contributed by atoms with E-state index in [9.17, 15) is 4.79 Å². The Bertz CT molecular complexity index is 894. The summed E-state index contributed by atoms with van der Waals surface area (Å²) < 4.78 is 16.2. The van der Waals surface area contributed by atoms with E-state index in [0.29, 0.717) is 34.2 Å². The summed E-state index contributed by atoms with van der Waals surface area (Å²) in [5, 5.41) is 2.85. The second-order valence-corrected chi connectivity index (χ2v) is 5.46. The van der Waals surface area contributed by atoms with Crippen LogP contribution in [0.3, 0.4) is 0 Å². The summed E-state index contributed by atoms with van der Waals surface area (Å²) in [7, 11) is 3.12. The van der Waals surface area contributed by atoms with Crippen molar-refractivity contribution in [2.45, 2.75) is 0 Å². The van der Waals surface area contributed by atoms with Crippen LogP contribution < -0.4 is 19.5 Å². The van der Waals surface area contributed by atoms with Gasteiger partial charge in [0, 0.05) is 11.6 Å². The lowest BCUT2D eigenvalue weighted by atomic mass is 10.2. The zero-order valence-corrected chi connectivity index (χ0v) is 14.6. The third-order valence-corrected chi connectivity index (χ3v) is 3.73. The van der Waals surface area contributed by atoms with Crippen LogP contribution in [-0.4, -0.2) is 20.1 Å². The highest BCUT2D eigenvalue weighted by Gasteiger charge is 2.12. The number of amides is 1. The first-order valence-electron chi connectivity index (χ1n) is 8.06. The standard InChI is InChI=1S/C21H19NO4/c1-24-17-11-12-19(20(14-17)25-2)22-21(23)15-7-6-10-18(13-15)26-16-8-4-3-5-9-16/h3-14H,1-2H3,(H,22,23). The molecule has 0 spiro atoms. The van der Waals surface area contributed by atoms with Crippen LogP contribution in [-0.2, 0) is 0 Å². The van der Waals surface area contributed by atoms with Gasteiger partial charge in [-0.05, 0) is 42.5 Å². The third-order valence-electron chi connectivity index (χ3n) is 3.73. The number of anilines is 1. The number of carbonyl (C=O) groups is 1. The van der Waals surface area contributed by atoms with Crippen molar-refractivity contribution in [3.8, 4) is 23.0 Å². The summed E-state index contributed by atoms with van der Waals surface area (Å²) >= 11 is 0. The molecule has 0 fully saturated rings. The van der Waals surface area contributed by atoms with Gasteiger partial charge in [0.25, 0.3) is 5.91 Å². The fourth-order valence-electron chi connectivity index (χ4n) is 2.42. The van der Waals surface area contributed by atoms with E-state index in [1.807, 2.05) is 30.3 Å². The number of para-hydroxylation sites is 1. The van der Waals surface area contributed by atoms with Gasteiger partial charge < -0.3 is 19.5 Å². The minimum atomic E-state index is -0.257. The van der Waals surface area contributed by atoms with Crippen molar-refractivity contribution >= 4 is 11.6 Å². The number of ether oxygens (including phenoxy) is 3. The Kier molecular flexibility index (Phi) is 5.39. The van der Waals surface area contributed by atoms with E-state index < -0.39 is 0 Å². The smallest absolute Gasteiger partial charge is 0.255 e. The molecule has 0 aliphatic rings. The van der Waals surface area contributed by atoms with Crippen molar-refractivity contribution in [3.63, 3.8) is 0 Å². The Morgan fingerprint density at radius 3 is 2.27 bits per heavy atom. The van der Waals surface area contributed by atoms with Gasteiger partial charge in [-0.1, -0.05) is 24.3 Å². The van der Waals surface area contributed by atoms with Gasteiger partial charge in [-0.3, -0.25) is 4.79 Å². The minimum Gasteiger partial charge on any atom is -0.497 e. The zero-order chi connectivity index (χ0) is 18.4. The third kappa shape index (κ3) is 4.13. The number of rotatable bonds is 6. The molecule has 1 amide bonds. The van der Waals surface area contributed by atoms with Crippen LogP contribution in [0.5, 0.6) is 23.0 Å². The summed E-state index contributed by atoms with van der Waals surface area (Å²) in [4.78, 5) is 12.6. The molecule has 3 rings (SSSR count). The molecule has 0 aliphatic heterocycles. The maximum absolute atomic E-state index is 12.6. The summed E-state index contributed by atoms with van der Waals surface area (Å²) in [6, 6.07) is 21.6. The molecule has 0 radical (unpaired) electrons. The summed E-state index contributed by atoms with van der Waals surface area (Å²) in [5.74, 6) is 2.21. The lowest BCUT2D eigenvalue weighted by molar-refractivity contribution is 0.102. The Morgan fingerprint density at radius 2 is 1.54 bits per heavy atom. The maximum atomic E-state index is 12.6. The van der Waals surface area contributed by atoms with Gasteiger partial charge in [-0.2, -0.15) is 0 Å². The average Bonchev–Trinajstić information content (AvgIpc) is 2.69. The van der Waals surface area contributed by atoms with Gasteiger partial charge >= 0.3 is 0 Å². The number of methoxy groups -OCH3 is 2. The molecule has 0 bridgehead atoms. The van der Waals surface area contributed by atoms with E-state index in [-0.39, 0.29) is 5.91 Å². The van der Waals surface area contributed by atoms with Crippen molar-refractivity contribution in [1.29, 1.82) is 0 Å². The second-order valence-electron chi connectivity index (χ2n) is 5.46. The normalized spacial score (nSPS) is 10.1. The van der Waals surface area contributed by atoms with Crippen molar-refractivity contribution in [1.82, 2.24) is 0 Å². The quantitative estimate of drug-likeness (QED) is 0.698.